The first-order valence-electron chi connectivity index (χ1n) is 7.60. The van der Waals surface area contributed by atoms with Crippen molar-refractivity contribution in [2.45, 2.75) is 44.6 Å². The molecule has 0 amide bonds. The fourth-order valence-electron chi connectivity index (χ4n) is 5.32. The zero-order valence-electron chi connectivity index (χ0n) is 11.4. The van der Waals surface area contributed by atoms with E-state index >= 15 is 0 Å². The van der Waals surface area contributed by atoms with Crippen molar-refractivity contribution >= 4 is 0 Å². The van der Waals surface area contributed by atoms with E-state index in [0.717, 1.165) is 23.7 Å². The van der Waals surface area contributed by atoms with Gasteiger partial charge in [-0.2, -0.15) is 4.80 Å². The molecule has 1 atom stereocenters. The lowest BCUT2D eigenvalue weighted by molar-refractivity contribution is -0.0892. The van der Waals surface area contributed by atoms with Crippen LogP contribution in [0.3, 0.4) is 0 Å². The van der Waals surface area contributed by atoms with Gasteiger partial charge in [0, 0.05) is 6.42 Å². The second kappa shape index (κ2) is 4.27. The molecule has 0 aromatic carbocycles. The van der Waals surface area contributed by atoms with Crippen LogP contribution in [0.2, 0.25) is 0 Å². The third kappa shape index (κ3) is 1.98. The summed E-state index contributed by atoms with van der Waals surface area (Å²) in [5, 5.41) is 22.7. The molecule has 4 saturated carbocycles. The lowest BCUT2D eigenvalue weighted by atomic mass is 9.50. The molecule has 0 saturated heterocycles. The average molecular weight is 262 g/mol. The van der Waals surface area contributed by atoms with Crippen LogP contribution in [0.25, 0.3) is 0 Å². The Morgan fingerprint density at radius 1 is 1.16 bits per heavy atom. The smallest absolute Gasteiger partial charge is 0.177 e. The second-order valence-corrected chi connectivity index (χ2v) is 6.97. The lowest BCUT2D eigenvalue weighted by Crippen LogP contribution is -2.49. The summed E-state index contributed by atoms with van der Waals surface area (Å²) >= 11 is 0. The van der Waals surface area contributed by atoms with E-state index < -0.39 is 0 Å². The molecule has 104 valence electrons. The standard InChI is InChI=1S/C14H22N4O/c1-18-16-13(15-17-18)7-12(19)14-10-3-8-2-9(5-10)6-11(14)4-8/h8-12,14,19H,2-7H2,1H3. The predicted molar refractivity (Wildman–Crippen MR) is 69.0 cm³/mol. The first kappa shape index (κ1) is 11.8. The molecular weight excluding hydrogens is 240 g/mol. The molecule has 5 nitrogen and oxygen atoms in total. The number of aryl methyl sites for hydroxylation is 1. The van der Waals surface area contributed by atoms with Gasteiger partial charge in [0.15, 0.2) is 5.82 Å². The molecule has 1 heterocycles. The van der Waals surface area contributed by atoms with E-state index in [1.165, 1.54) is 36.9 Å². The SMILES string of the molecule is Cn1nnc(CC(O)C2C3CC4CC(C3)CC2C4)n1. The third-order valence-corrected chi connectivity index (χ3v) is 5.69. The Morgan fingerprint density at radius 2 is 1.79 bits per heavy atom. The minimum atomic E-state index is -0.279. The summed E-state index contributed by atoms with van der Waals surface area (Å²) in [6, 6.07) is 0. The molecule has 0 aliphatic heterocycles. The average Bonchev–Trinajstić information content (AvgIpc) is 2.73. The first-order chi connectivity index (χ1) is 9.19. The molecule has 5 rings (SSSR count). The van der Waals surface area contributed by atoms with Gasteiger partial charge in [-0.05, 0) is 66.9 Å². The van der Waals surface area contributed by atoms with Crippen molar-refractivity contribution in [2.24, 2.45) is 36.6 Å². The van der Waals surface area contributed by atoms with Crippen LogP contribution in [0, 0.1) is 29.6 Å². The zero-order valence-corrected chi connectivity index (χ0v) is 11.4. The summed E-state index contributed by atoms with van der Waals surface area (Å²) in [7, 11) is 1.77. The van der Waals surface area contributed by atoms with E-state index in [1.807, 2.05) is 0 Å². The Hall–Kier alpha value is -0.970. The van der Waals surface area contributed by atoms with Crippen molar-refractivity contribution in [3.05, 3.63) is 5.82 Å². The number of hydrogen-bond acceptors (Lipinski definition) is 4. The minimum absolute atomic E-state index is 0.279. The molecule has 5 heteroatoms. The number of aromatic nitrogens is 4. The van der Waals surface area contributed by atoms with Crippen molar-refractivity contribution in [3.63, 3.8) is 0 Å². The monoisotopic (exact) mass is 262 g/mol. The van der Waals surface area contributed by atoms with Gasteiger partial charge in [0.2, 0.25) is 0 Å². The van der Waals surface area contributed by atoms with Crippen LogP contribution in [-0.2, 0) is 13.5 Å². The van der Waals surface area contributed by atoms with Gasteiger partial charge in [-0.25, -0.2) is 0 Å². The quantitative estimate of drug-likeness (QED) is 0.888. The van der Waals surface area contributed by atoms with Gasteiger partial charge in [-0.1, -0.05) is 0 Å². The highest BCUT2D eigenvalue weighted by atomic mass is 16.3. The molecule has 1 N–H and O–H groups in total. The van der Waals surface area contributed by atoms with Gasteiger partial charge in [-0.3, -0.25) is 0 Å². The van der Waals surface area contributed by atoms with Crippen molar-refractivity contribution in [3.8, 4) is 0 Å². The van der Waals surface area contributed by atoms with Gasteiger partial charge >= 0.3 is 0 Å². The Morgan fingerprint density at radius 3 is 2.32 bits per heavy atom. The van der Waals surface area contributed by atoms with Crippen LogP contribution in [0.15, 0.2) is 0 Å². The summed E-state index contributed by atoms with van der Waals surface area (Å²) < 4.78 is 0. The van der Waals surface area contributed by atoms with Gasteiger partial charge < -0.3 is 5.11 Å². The highest BCUT2D eigenvalue weighted by Crippen LogP contribution is 2.57. The second-order valence-electron chi connectivity index (χ2n) is 6.97. The van der Waals surface area contributed by atoms with Gasteiger partial charge in [0.1, 0.15) is 0 Å². The molecule has 4 bridgehead atoms. The van der Waals surface area contributed by atoms with Crippen molar-refractivity contribution in [1.82, 2.24) is 20.2 Å². The maximum absolute atomic E-state index is 10.6. The molecule has 19 heavy (non-hydrogen) atoms. The number of rotatable bonds is 3. The topological polar surface area (TPSA) is 63.8 Å². The molecule has 4 aliphatic rings. The molecule has 4 aliphatic carbocycles. The Kier molecular flexibility index (Phi) is 2.65. The maximum atomic E-state index is 10.6. The third-order valence-electron chi connectivity index (χ3n) is 5.69. The van der Waals surface area contributed by atoms with Gasteiger partial charge in [0.05, 0.1) is 13.2 Å². The van der Waals surface area contributed by atoms with Crippen molar-refractivity contribution in [2.75, 3.05) is 0 Å². The number of tetrazole rings is 1. The van der Waals surface area contributed by atoms with Crippen molar-refractivity contribution in [1.29, 1.82) is 0 Å². The summed E-state index contributed by atoms with van der Waals surface area (Å²) in [6.07, 6.45) is 7.15. The van der Waals surface area contributed by atoms with Crippen LogP contribution < -0.4 is 0 Å². The number of nitrogens with zero attached hydrogens (tertiary/aromatic N) is 4. The van der Waals surface area contributed by atoms with E-state index in [4.69, 9.17) is 0 Å². The Bertz CT molecular complexity index is 444. The fraction of sp³-hybridized carbons (Fsp3) is 0.929. The molecule has 1 aromatic heterocycles. The molecule has 0 spiro atoms. The van der Waals surface area contributed by atoms with E-state index in [-0.39, 0.29) is 6.10 Å². The number of aliphatic hydroxyl groups is 1. The van der Waals surface area contributed by atoms with E-state index in [2.05, 4.69) is 15.4 Å². The zero-order chi connectivity index (χ0) is 13.0. The molecule has 0 radical (unpaired) electrons. The largest absolute Gasteiger partial charge is 0.392 e. The Labute approximate surface area is 113 Å². The van der Waals surface area contributed by atoms with Crippen LogP contribution in [0.1, 0.15) is 37.9 Å². The normalized spacial score (nSPS) is 41.7. The van der Waals surface area contributed by atoms with Crippen molar-refractivity contribution < 1.29 is 5.11 Å². The van der Waals surface area contributed by atoms with E-state index in [1.54, 1.807) is 7.05 Å². The summed E-state index contributed by atoms with van der Waals surface area (Å²) in [6.45, 7) is 0. The Balaban J connectivity index is 1.49. The summed E-state index contributed by atoms with van der Waals surface area (Å²) in [4.78, 5) is 1.47. The van der Waals surface area contributed by atoms with Crippen LogP contribution in [-0.4, -0.2) is 31.4 Å². The van der Waals surface area contributed by atoms with Crippen LogP contribution in [0.5, 0.6) is 0 Å². The summed E-state index contributed by atoms with van der Waals surface area (Å²) in [5.74, 6) is 4.59. The highest BCUT2D eigenvalue weighted by molar-refractivity contribution is 5.01. The fourth-order valence-corrected chi connectivity index (χ4v) is 5.32. The van der Waals surface area contributed by atoms with E-state index in [9.17, 15) is 5.11 Å². The molecule has 1 aromatic rings. The molecule has 4 fully saturated rings. The van der Waals surface area contributed by atoms with Gasteiger partial charge in [-0.15, -0.1) is 10.2 Å². The molecule has 1 unspecified atom stereocenters. The molecular formula is C14H22N4O. The van der Waals surface area contributed by atoms with Gasteiger partial charge in [0.25, 0.3) is 0 Å². The maximum Gasteiger partial charge on any atom is 0.177 e. The highest BCUT2D eigenvalue weighted by Gasteiger charge is 2.50. The minimum Gasteiger partial charge on any atom is -0.392 e. The first-order valence-corrected chi connectivity index (χ1v) is 7.60. The van der Waals surface area contributed by atoms with Crippen LogP contribution >= 0.6 is 0 Å². The number of aliphatic hydroxyl groups excluding tert-OH is 1. The van der Waals surface area contributed by atoms with Crippen LogP contribution in [0.4, 0.5) is 0 Å². The lowest BCUT2D eigenvalue weighted by Gasteiger charge is -2.55. The predicted octanol–water partition coefficient (Wildman–Crippen LogP) is 1.19. The van der Waals surface area contributed by atoms with E-state index in [0.29, 0.717) is 18.2 Å². The summed E-state index contributed by atoms with van der Waals surface area (Å²) in [5.41, 5.74) is 0. The number of hydrogen-bond donors (Lipinski definition) is 1.